The molecule has 0 aliphatic heterocycles. The lowest BCUT2D eigenvalue weighted by molar-refractivity contribution is -0.144. The maximum absolute atomic E-state index is 15.3. The number of esters is 1. The van der Waals surface area contributed by atoms with Gasteiger partial charge >= 0.3 is 5.97 Å². The summed E-state index contributed by atoms with van der Waals surface area (Å²) in [5, 5.41) is 0. The van der Waals surface area contributed by atoms with Gasteiger partial charge in [-0.2, -0.15) is 0 Å². The van der Waals surface area contributed by atoms with Crippen molar-refractivity contribution in [2.24, 2.45) is 5.92 Å². The molecule has 3 aromatic rings. The lowest BCUT2D eigenvalue weighted by atomic mass is 9.90. The zero-order chi connectivity index (χ0) is 29.8. The van der Waals surface area contributed by atoms with Gasteiger partial charge in [-0.3, -0.25) is 4.79 Å². The molecule has 42 heavy (non-hydrogen) atoms. The Kier molecular flexibility index (Phi) is 7.32. The van der Waals surface area contributed by atoms with E-state index in [0.717, 1.165) is 39.8 Å². The summed E-state index contributed by atoms with van der Waals surface area (Å²) in [6.07, 6.45) is 4.32. The van der Waals surface area contributed by atoms with Gasteiger partial charge in [0.2, 0.25) is 0 Å². The minimum Gasteiger partial charge on any atom is -0.492 e. The lowest BCUT2D eigenvalue weighted by Gasteiger charge is -2.20. The van der Waals surface area contributed by atoms with E-state index in [9.17, 15) is 13.2 Å². The zero-order valence-corrected chi connectivity index (χ0v) is 25.4. The van der Waals surface area contributed by atoms with Gasteiger partial charge in [0.1, 0.15) is 34.8 Å². The maximum Gasteiger partial charge on any atom is 0.309 e. The molecule has 3 atom stereocenters. The van der Waals surface area contributed by atoms with Gasteiger partial charge in [0.25, 0.3) is 0 Å². The molecule has 0 radical (unpaired) electrons. The number of aryl methyl sites for hydroxylation is 2. The molecule has 6 rings (SSSR count). The van der Waals surface area contributed by atoms with Crippen LogP contribution in [0.5, 0.6) is 11.5 Å². The van der Waals surface area contributed by atoms with Gasteiger partial charge in [-0.05, 0) is 123 Å². The summed E-state index contributed by atoms with van der Waals surface area (Å²) in [7, 11) is -3.17. The first-order valence-corrected chi connectivity index (χ1v) is 16.6. The van der Waals surface area contributed by atoms with E-state index in [1.54, 1.807) is 0 Å². The zero-order valence-electron chi connectivity index (χ0n) is 24.5. The summed E-state index contributed by atoms with van der Waals surface area (Å²) < 4.78 is 56.3. The van der Waals surface area contributed by atoms with E-state index in [1.165, 1.54) is 12.3 Å². The Bertz CT molecular complexity index is 1620. The van der Waals surface area contributed by atoms with E-state index in [2.05, 4.69) is 0 Å². The number of hydrogen-bond acceptors (Lipinski definition) is 6. The molecule has 2 saturated carbocycles. The Hall–Kier alpha value is -3.39. The summed E-state index contributed by atoms with van der Waals surface area (Å²) in [5.74, 6) is 1.03. The van der Waals surface area contributed by atoms with E-state index in [4.69, 9.17) is 14.2 Å². The van der Waals surface area contributed by atoms with Crippen LogP contribution in [0.4, 0.5) is 4.39 Å². The predicted molar refractivity (Wildman–Crippen MR) is 159 cm³/mol. The number of ether oxygens (including phenoxy) is 3. The Morgan fingerprint density at radius 2 is 1.71 bits per heavy atom. The number of carbonyl (C=O) groups is 1. The molecular weight excluding hydrogens is 555 g/mol. The SMILES string of the molecule is CCOC(=O)[C@H]1C[C@@H]1c1ccc(O[C@@H]2CCc3c(-c4c(C)cc(OCC5(S(C)(=O)=O)CC5)cc4C)ccc(F)c32)cc1. The third-order valence-electron chi connectivity index (χ3n) is 9.12. The van der Waals surface area contributed by atoms with Crippen LogP contribution in [0, 0.1) is 25.6 Å². The van der Waals surface area contributed by atoms with Crippen LogP contribution in [0.3, 0.4) is 0 Å². The molecule has 3 aliphatic rings. The number of fused-ring (bicyclic) bond motifs is 1. The monoisotopic (exact) mass is 592 g/mol. The quantitative estimate of drug-likeness (QED) is 0.241. The highest BCUT2D eigenvalue weighted by Crippen LogP contribution is 2.49. The average Bonchev–Trinajstić information content (AvgIpc) is 3.86. The van der Waals surface area contributed by atoms with Crippen molar-refractivity contribution in [1.29, 1.82) is 0 Å². The van der Waals surface area contributed by atoms with Crippen molar-refractivity contribution in [3.05, 3.63) is 82.2 Å². The number of hydrogen-bond donors (Lipinski definition) is 0. The fraction of sp³-hybridized carbons (Fsp3) is 0.441. The highest BCUT2D eigenvalue weighted by molar-refractivity contribution is 7.92. The minimum absolute atomic E-state index is 0.0687. The van der Waals surface area contributed by atoms with Gasteiger partial charge in [0, 0.05) is 11.8 Å². The number of halogens is 1. The summed E-state index contributed by atoms with van der Waals surface area (Å²) in [6, 6.07) is 15.0. The first-order chi connectivity index (χ1) is 20.0. The molecule has 0 heterocycles. The van der Waals surface area contributed by atoms with Crippen molar-refractivity contribution in [2.75, 3.05) is 19.5 Å². The van der Waals surface area contributed by atoms with E-state index in [-0.39, 0.29) is 30.2 Å². The van der Waals surface area contributed by atoms with Crippen molar-refractivity contribution >= 4 is 15.8 Å². The number of benzene rings is 3. The van der Waals surface area contributed by atoms with E-state index >= 15 is 4.39 Å². The second-order valence-corrected chi connectivity index (χ2v) is 14.5. The normalized spacial score (nSPS) is 21.9. The van der Waals surface area contributed by atoms with E-state index < -0.39 is 20.7 Å². The lowest BCUT2D eigenvalue weighted by Crippen LogP contribution is -2.29. The maximum atomic E-state index is 15.3. The molecule has 222 valence electrons. The molecule has 0 N–H and O–H groups in total. The van der Waals surface area contributed by atoms with Crippen LogP contribution in [0.25, 0.3) is 11.1 Å². The molecule has 0 saturated heterocycles. The van der Waals surface area contributed by atoms with E-state index in [1.807, 2.05) is 63.2 Å². The molecule has 3 aromatic carbocycles. The first kappa shape index (κ1) is 28.7. The molecule has 0 unspecified atom stereocenters. The molecule has 0 amide bonds. The molecule has 0 bridgehead atoms. The Labute approximate surface area is 247 Å². The predicted octanol–water partition coefficient (Wildman–Crippen LogP) is 6.80. The third-order valence-corrected chi connectivity index (χ3v) is 11.2. The Morgan fingerprint density at radius 1 is 1.02 bits per heavy atom. The Morgan fingerprint density at radius 3 is 2.33 bits per heavy atom. The second-order valence-electron chi connectivity index (χ2n) is 12.1. The van der Waals surface area contributed by atoms with Crippen molar-refractivity contribution in [3.63, 3.8) is 0 Å². The molecule has 2 fully saturated rings. The molecule has 0 spiro atoms. The van der Waals surface area contributed by atoms with Gasteiger partial charge in [-0.1, -0.05) is 18.2 Å². The van der Waals surface area contributed by atoms with Crippen LogP contribution >= 0.6 is 0 Å². The van der Waals surface area contributed by atoms with Gasteiger partial charge in [0.05, 0.1) is 12.5 Å². The van der Waals surface area contributed by atoms with Gasteiger partial charge in [0.15, 0.2) is 9.84 Å². The van der Waals surface area contributed by atoms with Crippen molar-refractivity contribution in [1.82, 2.24) is 0 Å². The van der Waals surface area contributed by atoms with Crippen LogP contribution in [-0.4, -0.2) is 38.6 Å². The van der Waals surface area contributed by atoms with Crippen LogP contribution in [-0.2, 0) is 25.8 Å². The number of sulfone groups is 1. The Balaban J connectivity index is 1.19. The summed E-state index contributed by atoms with van der Waals surface area (Å²) >= 11 is 0. The summed E-state index contributed by atoms with van der Waals surface area (Å²) in [4.78, 5) is 12.0. The fourth-order valence-corrected chi connectivity index (χ4v) is 7.58. The highest BCUT2D eigenvalue weighted by Gasteiger charge is 2.53. The van der Waals surface area contributed by atoms with Crippen molar-refractivity contribution in [2.45, 2.75) is 69.6 Å². The van der Waals surface area contributed by atoms with Crippen LogP contribution < -0.4 is 9.47 Å². The topological polar surface area (TPSA) is 78.9 Å². The van der Waals surface area contributed by atoms with Gasteiger partial charge in [-0.15, -0.1) is 0 Å². The molecule has 6 nitrogen and oxygen atoms in total. The smallest absolute Gasteiger partial charge is 0.309 e. The molecule has 3 aliphatic carbocycles. The molecular formula is C34H37FO6S. The highest BCUT2D eigenvalue weighted by atomic mass is 32.2. The fourth-order valence-electron chi connectivity index (χ4n) is 6.46. The second kappa shape index (κ2) is 10.7. The largest absolute Gasteiger partial charge is 0.492 e. The van der Waals surface area contributed by atoms with Crippen LogP contribution in [0.15, 0.2) is 48.5 Å². The average molecular weight is 593 g/mol. The summed E-state index contributed by atoms with van der Waals surface area (Å²) in [6.45, 7) is 6.37. The molecule has 0 aromatic heterocycles. The van der Waals surface area contributed by atoms with Gasteiger partial charge in [-0.25, -0.2) is 12.8 Å². The number of rotatable bonds is 10. The van der Waals surface area contributed by atoms with E-state index in [0.29, 0.717) is 49.4 Å². The van der Waals surface area contributed by atoms with Crippen molar-refractivity contribution < 1.29 is 31.8 Å². The third kappa shape index (κ3) is 5.30. The van der Waals surface area contributed by atoms with Crippen LogP contribution in [0.1, 0.15) is 72.4 Å². The summed E-state index contributed by atoms with van der Waals surface area (Å²) in [5.41, 5.74) is 6.65. The van der Waals surface area contributed by atoms with Crippen molar-refractivity contribution in [3.8, 4) is 22.6 Å². The number of carbonyl (C=O) groups excluding carboxylic acids is 1. The van der Waals surface area contributed by atoms with Gasteiger partial charge < -0.3 is 14.2 Å². The van der Waals surface area contributed by atoms with Crippen LogP contribution in [0.2, 0.25) is 0 Å². The minimum atomic E-state index is -3.17. The first-order valence-electron chi connectivity index (χ1n) is 14.7. The standard InChI is InChI=1S/C34H37FO6S/c1-5-39-33(36)28-18-27(28)22-6-8-23(9-7-22)41-30-13-11-26-25(10-12-29(35)32(26)30)31-20(2)16-24(17-21(31)3)40-19-34(14-15-34)42(4,37)38/h6-10,12,16-17,27-28,30H,5,11,13-15,18-19H2,1-4H3/t27-,28+,30-/m1/s1. The molecule has 8 heteroatoms.